The number of ketones is 1. The molecule has 4 heteroatoms. The Morgan fingerprint density at radius 2 is 1.86 bits per heavy atom. The highest BCUT2D eigenvalue weighted by Gasteiger charge is 2.21. The fourth-order valence-electron chi connectivity index (χ4n) is 2.63. The lowest BCUT2D eigenvalue weighted by atomic mass is 10.1. The van der Waals surface area contributed by atoms with Gasteiger partial charge in [0.15, 0.2) is 5.78 Å². The van der Waals surface area contributed by atoms with Gasteiger partial charge in [0.2, 0.25) is 0 Å². The first-order chi connectivity index (χ1) is 9.84. The maximum absolute atomic E-state index is 12.2. The molecule has 2 rings (SSSR count). The van der Waals surface area contributed by atoms with Gasteiger partial charge in [-0.25, -0.2) is 0 Å². The highest BCUT2D eigenvalue weighted by molar-refractivity contribution is 6.33. The van der Waals surface area contributed by atoms with E-state index in [0.29, 0.717) is 5.56 Å². The molecule has 112 valence electrons. The molecule has 0 aliphatic carbocycles. The van der Waals surface area contributed by atoms with E-state index in [2.05, 4.69) is 21.6 Å². The molecule has 0 saturated carbocycles. The molecule has 0 amide bonds. The van der Waals surface area contributed by atoms with Crippen molar-refractivity contribution < 1.29 is 4.79 Å². The van der Waals surface area contributed by atoms with Gasteiger partial charge in [0.05, 0.1) is 16.8 Å². The normalized spacial score (nSPS) is 12.3. The average Bonchev–Trinajstić information content (AvgIpc) is 2.72. The number of carbonyl (C=O) groups excluding carboxylic acids is 1. The predicted molar refractivity (Wildman–Crippen MR) is 89.2 cm³/mol. The summed E-state index contributed by atoms with van der Waals surface area (Å²) in [6.07, 6.45) is 0. The summed E-state index contributed by atoms with van der Waals surface area (Å²) in [6, 6.07) is 10.1. The zero-order chi connectivity index (χ0) is 15.7. The Balaban J connectivity index is 2.64. The van der Waals surface area contributed by atoms with Gasteiger partial charge < -0.3 is 9.47 Å². The fourth-order valence-corrected chi connectivity index (χ4v) is 2.75. The first-order valence-corrected chi connectivity index (χ1v) is 7.42. The van der Waals surface area contributed by atoms with E-state index in [1.54, 1.807) is 6.92 Å². The molecule has 0 aliphatic heterocycles. The number of hydrogen-bond acceptors (Lipinski definition) is 2. The molecule has 1 unspecified atom stereocenters. The van der Waals surface area contributed by atoms with Gasteiger partial charge in [0.25, 0.3) is 0 Å². The van der Waals surface area contributed by atoms with E-state index >= 15 is 0 Å². The molecular formula is C17H21ClN2O. The SMILES string of the molecule is Cc1cc(C(=O)C(C)Cl)c(C)n1-c1ccccc1N(C)C. The van der Waals surface area contributed by atoms with Gasteiger partial charge in [-0.15, -0.1) is 11.6 Å². The van der Waals surface area contributed by atoms with Gasteiger partial charge in [-0.05, 0) is 39.0 Å². The van der Waals surface area contributed by atoms with Crippen molar-refractivity contribution in [1.29, 1.82) is 0 Å². The van der Waals surface area contributed by atoms with Crippen LogP contribution in [-0.4, -0.2) is 29.8 Å². The summed E-state index contributed by atoms with van der Waals surface area (Å²) < 4.78 is 2.11. The van der Waals surface area contributed by atoms with E-state index in [9.17, 15) is 4.79 Å². The standard InChI is InChI=1S/C17H21ClN2O/c1-11-10-14(17(21)12(2)18)13(3)20(11)16-9-7-6-8-15(16)19(4)5/h6-10,12H,1-5H3. The van der Waals surface area contributed by atoms with Crippen LogP contribution >= 0.6 is 11.6 Å². The maximum Gasteiger partial charge on any atom is 0.182 e. The van der Waals surface area contributed by atoms with Crippen LogP contribution in [0, 0.1) is 13.8 Å². The first kappa shape index (κ1) is 15.6. The number of Topliss-reactive ketones (excluding diaryl/α,β-unsaturated/α-hetero) is 1. The number of halogens is 1. The van der Waals surface area contributed by atoms with E-state index in [1.807, 2.05) is 46.1 Å². The molecule has 21 heavy (non-hydrogen) atoms. The van der Waals surface area contributed by atoms with Crippen molar-refractivity contribution in [3.8, 4) is 5.69 Å². The Labute approximate surface area is 131 Å². The zero-order valence-corrected chi connectivity index (χ0v) is 13.9. The number of nitrogens with zero attached hydrogens (tertiary/aromatic N) is 2. The molecule has 1 atom stereocenters. The van der Waals surface area contributed by atoms with Crippen LogP contribution in [0.5, 0.6) is 0 Å². The van der Waals surface area contributed by atoms with Crippen LogP contribution in [0.3, 0.4) is 0 Å². The minimum absolute atomic E-state index is 0.0293. The lowest BCUT2D eigenvalue weighted by Crippen LogP contribution is -2.14. The predicted octanol–water partition coefficient (Wildman–Crippen LogP) is 3.97. The number of anilines is 1. The molecule has 2 aromatic rings. The van der Waals surface area contributed by atoms with Crippen molar-refractivity contribution >= 4 is 23.1 Å². The van der Waals surface area contributed by atoms with Crippen LogP contribution in [-0.2, 0) is 0 Å². The lowest BCUT2D eigenvalue weighted by molar-refractivity contribution is 0.0991. The molecule has 0 bridgehead atoms. The number of aryl methyl sites for hydroxylation is 1. The summed E-state index contributed by atoms with van der Waals surface area (Å²) in [7, 11) is 4.03. The molecule has 0 spiro atoms. The summed E-state index contributed by atoms with van der Waals surface area (Å²) in [5.74, 6) is -0.0293. The van der Waals surface area contributed by atoms with Crippen molar-refractivity contribution in [1.82, 2.24) is 4.57 Å². The Morgan fingerprint density at radius 3 is 2.43 bits per heavy atom. The molecule has 0 radical (unpaired) electrons. The minimum atomic E-state index is -0.511. The van der Waals surface area contributed by atoms with Gasteiger partial charge >= 0.3 is 0 Å². The largest absolute Gasteiger partial charge is 0.376 e. The monoisotopic (exact) mass is 304 g/mol. The third-order valence-electron chi connectivity index (χ3n) is 3.66. The second-order valence-electron chi connectivity index (χ2n) is 5.48. The number of para-hydroxylation sites is 2. The van der Waals surface area contributed by atoms with Gasteiger partial charge in [-0.1, -0.05) is 12.1 Å². The van der Waals surface area contributed by atoms with Crippen molar-refractivity contribution in [3.63, 3.8) is 0 Å². The number of alkyl halides is 1. The highest BCUT2D eigenvalue weighted by atomic mass is 35.5. The second-order valence-corrected chi connectivity index (χ2v) is 6.14. The molecule has 0 aliphatic rings. The Morgan fingerprint density at radius 1 is 1.24 bits per heavy atom. The number of aromatic nitrogens is 1. The van der Waals surface area contributed by atoms with Crippen LogP contribution in [0.25, 0.3) is 5.69 Å². The Hall–Kier alpha value is -1.74. The fraction of sp³-hybridized carbons (Fsp3) is 0.353. The summed E-state index contributed by atoms with van der Waals surface area (Å²) in [5, 5.41) is -0.511. The quantitative estimate of drug-likeness (QED) is 0.631. The van der Waals surface area contributed by atoms with Gasteiger partial charge in [-0.3, -0.25) is 4.79 Å². The summed E-state index contributed by atoms with van der Waals surface area (Å²) in [5.41, 5.74) is 4.83. The smallest absolute Gasteiger partial charge is 0.182 e. The second kappa shape index (κ2) is 5.94. The summed E-state index contributed by atoms with van der Waals surface area (Å²) in [4.78, 5) is 14.3. The van der Waals surface area contributed by atoms with Crippen LogP contribution in [0.1, 0.15) is 28.7 Å². The summed E-state index contributed by atoms with van der Waals surface area (Å²) >= 11 is 5.96. The van der Waals surface area contributed by atoms with Crippen molar-refractivity contribution in [2.24, 2.45) is 0 Å². The van der Waals surface area contributed by atoms with E-state index in [1.165, 1.54) is 0 Å². The van der Waals surface area contributed by atoms with E-state index in [-0.39, 0.29) is 5.78 Å². The summed E-state index contributed by atoms with van der Waals surface area (Å²) in [6.45, 7) is 5.69. The Kier molecular flexibility index (Phi) is 4.43. The van der Waals surface area contributed by atoms with Crippen LogP contribution < -0.4 is 4.90 Å². The van der Waals surface area contributed by atoms with Gasteiger partial charge in [0, 0.05) is 31.0 Å². The Bertz CT molecular complexity index is 671. The van der Waals surface area contributed by atoms with Crippen molar-refractivity contribution in [2.45, 2.75) is 26.1 Å². The third-order valence-corrected chi connectivity index (χ3v) is 3.86. The topological polar surface area (TPSA) is 25.2 Å². The molecule has 1 aromatic carbocycles. The van der Waals surface area contributed by atoms with Gasteiger partial charge in [0.1, 0.15) is 0 Å². The van der Waals surface area contributed by atoms with Crippen molar-refractivity contribution in [2.75, 3.05) is 19.0 Å². The van der Waals surface area contributed by atoms with E-state index in [4.69, 9.17) is 11.6 Å². The van der Waals surface area contributed by atoms with E-state index in [0.717, 1.165) is 22.8 Å². The molecule has 1 heterocycles. The molecule has 1 aromatic heterocycles. The van der Waals surface area contributed by atoms with Crippen LogP contribution in [0.15, 0.2) is 30.3 Å². The maximum atomic E-state index is 12.2. The van der Waals surface area contributed by atoms with Gasteiger partial charge in [-0.2, -0.15) is 0 Å². The minimum Gasteiger partial charge on any atom is -0.376 e. The average molecular weight is 305 g/mol. The van der Waals surface area contributed by atoms with E-state index < -0.39 is 5.38 Å². The number of carbonyl (C=O) groups is 1. The lowest BCUT2D eigenvalue weighted by Gasteiger charge is -2.20. The molecule has 3 nitrogen and oxygen atoms in total. The third kappa shape index (κ3) is 2.84. The number of hydrogen-bond donors (Lipinski definition) is 0. The first-order valence-electron chi connectivity index (χ1n) is 6.98. The van der Waals surface area contributed by atoms with Crippen molar-refractivity contribution in [3.05, 3.63) is 47.3 Å². The molecule has 0 N–H and O–H groups in total. The number of rotatable bonds is 4. The molecule has 0 saturated heterocycles. The van der Waals surface area contributed by atoms with Crippen LogP contribution in [0.4, 0.5) is 5.69 Å². The zero-order valence-electron chi connectivity index (χ0n) is 13.1. The molecule has 0 fully saturated rings. The molecular weight excluding hydrogens is 284 g/mol. The highest BCUT2D eigenvalue weighted by Crippen LogP contribution is 2.28. The number of benzene rings is 1. The van der Waals surface area contributed by atoms with Crippen LogP contribution in [0.2, 0.25) is 0 Å².